The number of thiophene rings is 2. The van der Waals surface area contributed by atoms with Crippen LogP contribution in [-0.2, 0) is 9.59 Å². The van der Waals surface area contributed by atoms with E-state index >= 15 is 0 Å². The van der Waals surface area contributed by atoms with Gasteiger partial charge in [0.05, 0.1) is 0 Å². The smallest absolute Gasteiger partial charge is 0.338 e. The lowest BCUT2D eigenvalue weighted by molar-refractivity contribution is -0.131. The first-order valence-electron chi connectivity index (χ1n) is 6.46. The Hall–Kier alpha value is -1.83. The van der Waals surface area contributed by atoms with Crippen LogP contribution >= 0.6 is 34.4 Å². The first kappa shape index (κ1) is 17.5. The van der Waals surface area contributed by atoms with Gasteiger partial charge in [0.15, 0.2) is 11.5 Å². The molecule has 0 N–H and O–H groups in total. The van der Waals surface area contributed by atoms with Crippen molar-refractivity contribution in [2.45, 2.75) is 22.3 Å². The van der Waals surface area contributed by atoms with Crippen LogP contribution in [0.15, 0.2) is 55.6 Å². The molecule has 0 fully saturated rings. The summed E-state index contributed by atoms with van der Waals surface area (Å²) < 4.78 is 12.2. The van der Waals surface area contributed by atoms with Crippen LogP contribution in [0.25, 0.3) is 0 Å². The Balaban J connectivity index is 2.15. The van der Waals surface area contributed by atoms with Crippen LogP contribution in [-0.4, -0.2) is 11.9 Å². The zero-order chi connectivity index (χ0) is 17.0. The average Bonchev–Trinajstić information content (AvgIpc) is 3.09. The van der Waals surface area contributed by atoms with Gasteiger partial charge in [-0.3, -0.25) is 0 Å². The zero-order valence-corrected chi connectivity index (χ0v) is 15.0. The summed E-state index contributed by atoms with van der Waals surface area (Å²) in [6, 6.07) is 3.45. The molecule has 23 heavy (non-hydrogen) atoms. The number of carbonyl (C=O) groups is 2. The van der Waals surface area contributed by atoms with Crippen molar-refractivity contribution in [1.82, 2.24) is 0 Å². The van der Waals surface area contributed by atoms with Gasteiger partial charge in [-0.15, -0.1) is 22.7 Å². The number of ether oxygens (including phenoxy) is 2. The van der Waals surface area contributed by atoms with E-state index in [2.05, 4.69) is 13.2 Å². The van der Waals surface area contributed by atoms with E-state index < -0.39 is 11.9 Å². The maximum atomic E-state index is 11.6. The van der Waals surface area contributed by atoms with Crippen molar-refractivity contribution in [3.8, 4) is 11.5 Å². The molecule has 0 aliphatic carbocycles. The molecule has 2 aromatic rings. The predicted molar refractivity (Wildman–Crippen MR) is 93.7 cm³/mol. The highest BCUT2D eigenvalue weighted by molar-refractivity contribution is 8.03. The van der Waals surface area contributed by atoms with Crippen molar-refractivity contribution < 1.29 is 19.1 Å². The fourth-order valence-corrected chi connectivity index (χ4v) is 4.37. The number of esters is 2. The maximum Gasteiger partial charge on any atom is 0.338 e. The molecule has 0 unspecified atom stereocenters. The minimum atomic E-state index is -0.467. The molecule has 2 aromatic heterocycles. The van der Waals surface area contributed by atoms with E-state index in [0.29, 0.717) is 22.6 Å². The number of rotatable bonds is 6. The van der Waals surface area contributed by atoms with E-state index in [1.54, 1.807) is 26.0 Å². The van der Waals surface area contributed by atoms with Gasteiger partial charge in [-0.1, -0.05) is 24.9 Å². The largest absolute Gasteiger partial charge is 0.421 e. The van der Waals surface area contributed by atoms with E-state index in [9.17, 15) is 9.59 Å². The average molecular weight is 366 g/mol. The highest BCUT2D eigenvalue weighted by Gasteiger charge is 2.17. The first-order valence-corrected chi connectivity index (χ1v) is 9.04. The molecule has 120 valence electrons. The number of carbonyl (C=O) groups excluding carboxylic acids is 2. The van der Waals surface area contributed by atoms with Crippen LogP contribution in [0.5, 0.6) is 11.5 Å². The Kier molecular flexibility index (Phi) is 5.81. The first-order chi connectivity index (χ1) is 10.9. The van der Waals surface area contributed by atoms with Crippen LogP contribution in [0, 0.1) is 0 Å². The van der Waals surface area contributed by atoms with E-state index in [1.165, 1.54) is 34.4 Å². The summed E-state index contributed by atoms with van der Waals surface area (Å²) in [6.45, 7) is 10.3. The van der Waals surface area contributed by atoms with Crippen molar-refractivity contribution in [3.63, 3.8) is 0 Å². The highest BCUT2D eigenvalue weighted by atomic mass is 32.2. The minimum Gasteiger partial charge on any atom is -0.421 e. The summed E-state index contributed by atoms with van der Waals surface area (Å²) in [7, 11) is 0. The van der Waals surface area contributed by atoms with Gasteiger partial charge in [-0.2, -0.15) is 0 Å². The second kappa shape index (κ2) is 7.63. The lowest BCUT2D eigenvalue weighted by Crippen LogP contribution is -2.08. The molecule has 2 heterocycles. The van der Waals surface area contributed by atoms with Crippen molar-refractivity contribution in [1.29, 1.82) is 0 Å². The molecule has 0 saturated carbocycles. The molecule has 0 atom stereocenters. The van der Waals surface area contributed by atoms with Gasteiger partial charge in [0.1, 0.15) is 8.42 Å². The van der Waals surface area contributed by atoms with Crippen LogP contribution in [0.4, 0.5) is 0 Å². The minimum absolute atomic E-state index is 0.333. The van der Waals surface area contributed by atoms with Crippen LogP contribution in [0.3, 0.4) is 0 Å². The molecule has 0 aliphatic rings. The number of hydrogen-bond donors (Lipinski definition) is 0. The Morgan fingerprint density at radius 2 is 1.30 bits per heavy atom. The predicted octanol–water partition coefficient (Wildman–Crippen LogP) is 4.92. The van der Waals surface area contributed by atoms with E-state index in [4.69, 9.17) is 9.47 Å². The van der Waals surface area contributed by atoms with Gasteiger partial charge >= 0.3 is 11.9 Å². The molecule has 0 aromatic carbocycles. The molecule has 0 saturated heterocycles. The SMILES string of the molecule is C=C(C)C(=O)Oc1ccsc1Sc1sccc1OC(=O)C(=C)C. The lowest BCUT2D eigenvalue weighted by atomic mass is 10.4. The summed E-state index contributed by atoms with van der Waals surface area (Å²) in [5, 5.41) is 3.66. The van der Waals surface area contributed by atoms with Gasteiger partial charge in [-0.05, 0) is 36.7 Å². The van der Waals surface area contributed by atoms with Gasteiger partial charge in [-0.25, -0.2) is 9.59 Å². The molecule has 0 amide bonds. The molecule has 0 bridgehead atoms. The summed E-state index contributed by atoms with van der Waals surface area (Å²) in [6.07, 6.45) is 0. The molecule has 0 radical (unpaired) electrons. The molecular formula is C16H14O4S3. The van der Waals surface area contributed by atoms with Gasteiger partial charge in [0.25, 0.3) is 0 Å². The van der Waals surface area contributed by atoms with Gasteiger partial charge in [0, 0.05) is 11.1 Å². The summed E-state index contributed by atoms with van der Waals surface area (Å²) >= 11 is 4.26. The molecule has 0 spiro atoms. The van der Waals surface area contributed by atoms with Gasteiger partial charge in [0.2, 0.25) is 0 Å². The van der Waals surface area contributed by atoms with E-state index in [1.807, 2.05) is 10.8 Å². The highest BCUT2D eigenvalue weighted by Crippen LogP contribution is 2.45. The normalized spacial score (nSPS) is 10.2. The molecule has 7 heteroatoms. The Morgan fingerprint density at radius 1 is 0.913 bits per heavy atom. The summed E-state index contributed by atoms with van der Waals surface area (Å²) in [5.41, 5.74) is 0.665. The third-order valence-electron chi connectivity index (χ3n) is 2.48. The van der Waals surface area contributed by atoms with E-state index in [0.717, 1.165) is 8.42 Å². The van der Waals surface area contributed by atoms with E-state index in [-0.39, 0.29) is 0 Å². The monoisotopic (exact) mass is 366 g/mol. The topological polar surface area (TPSA) is 52.6 Å². The van der Waals surface area contributed by atoms with Crippen LogP contribution in [0.1, 0.15) is 13.8 Å². The zero-order valence-electron chi connectivity index (χ0n) is 12.6. The molecule has 2 rings (SSSR count). The Labute approximate surface area is 146 Å². The second-order valence-corrected chi connectivity index (χ2v) is 7.96. The molecule has 0 aliphatic heterocycles. The van der Waals surface area contributed by atoms with Crippen LogP contribution in [0.2, 0.25) is 0 Å². The quantitative estimate of drug-likeness (QED) is 0.536. The molecular weight excluding hydrogens is 352 g/mol. The fraction of sp³-hybridized carbons (Fsp3) is 0.125. The van der Waals surface area contributed by atoms with Crippen molar-refractivity contribution in [2.24, 2.45) is 0 Å². The van der Waals surface area contributed by atoms with Gasteiger partial charge < -0.3 is 9.47 Å². The second-order valence-electron chi connectivity index (χ2n) is 4.59. The standard InChI is InChI=1S/C16H14O4S3/c1-9(2)13(17)19-11-5-7-21-15(11)23-16-12(6-8-22-16)20-14(18)10(3)4/h5-8H,1,3H2,2,4H3. The fourth-order valence-electron chi connectivity index (χ4n) is 1.33. The molecule has 4 nitrogen and oxygen atoms in total. The van der Waals surface area contributed by atoms with Crippen LogP contribution < -0.4 is 9.47 Å². The Bertz CT molecular complexity index is 706. The lowest BCUT2D eigenvalue weighted by Gasteiger charge is -2.06. The Morgan fingerprint density at radius 3 is 1.65 bits per heavy atom. The summed E-state index contributed by atoms with van der Waals surface area (Å²) in [4.78, 5) is 23.3. The maximum absolute atomic E-state index is 11.6. The van der Waals surface area contributed by atoms with Crippen molar-refractivity contribution >= 4 is 46.4 Å². The third-order valence-corrected chi connectivity index (χ3v) is 5.70. The summed E-state index contributed by atoms with van der Waals surface area (Å²) in [5.74, 6) is 0.00730. The van der Waals surface area contributed by atoms with Crippen molar-refractivity contribution in [2.75, 3.05) is 0 Å². The van der Waals surface area contributed by atoms with Crippen molar-refractivity contribution in [3.05, 3.63) is 47.2 Å². The number of hydrogen-bond acceptors (Lipinski definition) is 7. The third kappa shape index (κ3) is 4.57.